The quantitative estimate of drug-likeness (QED) is 0.461. The third-order valence-electron chi connectivity index (χ3n) is 3.93. The predicted octanol–water partition coefficient (Wildman–Crippen LogP) is 6.13. The van der Waals surface area contributed by atoms with Gasteiger partial charge in [0.2, 0.25) is 0 Å². The minimum atomic E-state index is -1.65. The molecule has 4 nitrogen and oxygen atoms in total. The molecule has 0 bridgehead atoms. The van der Waals surface area contributed by atoms with Crippen LogP contribution in [-0.4, -0.2) is 14.1 Å². The van der Waals surface area contributed by atoms with Crippen LogP contribution in [0.25, 0.3) is 0 Å². The Morgan fingerprint density at radius 3 is 1.22 bits per heavy atom. The summed E-state index contributed by atoms with van der Waals surface area (Å²) in [6.07, 6.45) is 0. The number of nitrogens with zero attached hydrogens (tertiary/aromatic N) is 1. The van der Waals surface area contributed by atoms with Gasteiger partial charge in [0.15, 0.2) is 0 Å². The first-order valence-corrected chi connectivity index (χ1v) is 9.84. The van der Waals surface area contributed by atoms with Crippen LogP contribution >= 0.6 is 8.60 Å². The summed E-state index contributed by atoms with van der Waals surface area (Å²) in [6.45, 7) is 4.08. The summed E-state index contributed by atoms with van der Waals surface area (Å²) in [5.41, 5.74) is 3.45. The Morgan fingerprint density at radius 2 is 0.889 bits per heavy atom. The largest absolute Gasteiger partial charge is 0.530 e. The van der Waals surface area contributed by atoms with E-state index < -0.39 is 8.60 Å². The highest BCUT2D eigenvalue weighted by Crippen LogP contribution is 2.42. The molecule has 0 spiro atoms. The maximum absolute atomic E-state index is 6.02. The Morgan fingerprint density at radius 1 is 0.556 bits per heavy atom. The summed E-state index contributed by atoms with van der Waals surface area (Å²) in [5.74, 6) is 2.12. The van der Waals surface area contributed by atoms with Gasteiger partial charge in [-0.15, -0.1) is 0 Å². The van der Waals surface area contributed by atoms with Crippen LogP contribution < -0.4 is 18.5 Å². The van der Waals surface area contributed by atoms with E-state index in [4.69, 9.17) is 13.6 Å². The van der Waals surface area contributed by atoms with Crippen molar-refractivity contribution in [3.63, 3.8) is 0 Å². The van der Waals surface area contributed by atoms with E-state index >= 15 is 0 Å². The number of anilines is 1. The van der Waals surface area contributed by atoms with Crippen molar-refractivity contribution in [2.45, 2.75) is 13.8 Å². The summed E-state index contributed by atoms with van der Waals surface area (Å²) in [7, 11) is 2.36. The first-order chi connectivity index (χ1) is 13.0. The van der Waals surface area contributed by atoms with Gasteiger partial charge in [-0.3, -0.25) is 0 Å². The van der Waals surface area contributed by atoms with Crippen LogP contribution in [0.5, 0.6) is 17.2 Å². The van der Waals surface area contributed by atoms with Crippen molar-refractivity contribution in [2.75, 3.05) is 19.0 Å². The monoisotopic (exact) mass is 381 g/mol. The molecule has 3 aromatic carbocycles. The Kier molecular flexibility index (Phi) is 6.20. The zero-order valence-electron chi connectivity index (χ0n) is 16.0. The molecule has 3 rings (SSSR count). The van der Waals surface area contributed by atoms with Crippen molar-refractivity contribution in [1.29, 1.82) is 0 Å². The van der Waals surface area contributed by atoms with Crippen molar-refractivity contribution in [3.05, 3.63) is 83.9 Å². The summed E-state index contributed by atoms with van der Waals surface area (Å²) in [6, 6.07) is 23.5. The Hall–Kier alpha value is -2.71. The molecule has 3 aromatic rings. The van der Waals surface area contributed by atoms with Crippen LogP contribution in [0.1, 0.15) is 11.1 Å². The first kappa shape index (κ1) is 19.1. The van der Waals surface area contributed by atoms with Crippen LogP contribution in [0.3, 0.4) is 0 Å². The van der Waals surface area contributed by atoms with E-state index in [1.165, 1.54) is 11.1 Å². The van der Waals surface area contributed by atoms with Crippen LogP contribution in [0.4, 0.5) is 5.69 Å². The third kappa shape index (κ3) is 5.63. The zero-order chi connectivity index (χ0) is 19.2. The first-order valence-electron chi connectivity index (χ1n) is 8.74. The van der Waals surface area contributed by atoms with Crippen LogP contribution in [-0.2, 0) is 0 Å². The molecular weight excluding hydrogens is 357 g/mol. The molecule has 0 N–H and O–H groups in total. The summed E-state index contributed by atoms with van der Waals surface area (Å²) < 4.78 is 18.0. The second kappa shape index (κ2) is 8.79. The van der Waals surface area contributed by atoms with Gasteiger partial charge in [0, 0.05) is 19.8 Å². The van der Waals surface area contributed by atoms with Gasteiger partial charge in [-0.2, -0.15) is 0 Å². The van der Waals surface area contributed by atoms with Crippen LogP contribution in [0, 0.1) is 13.8 Å². The minimum Gasteiger partial charge on any atom is -0.409 e. The number of hydrogen-bond donors (Lipinski definition) is 0. The molecule has 140 valence electrons. The number of benzene rings is 3. The highest BCUT2D eigenvalue weighted by Gasteiger charge is 2.19. The summed E-state index contributed by atoms with van der Waals surface area (Å²) in [4.78, 5) is 2.04. The molecule has 27 heavy (non-hydrogen) atoms. The fraction of sp³-hybridized carbons (Fsp3) is 0.182. The fourth-order valence-corrected chi connectivity index (χ4v) is 3.31. The van der Waals surface area contributed by atoms with Gasteiger partial charge in [0.25, 0.3) is 0 Å². The van der Waals surface area contributed by atoms with Gasteiger partial charge in [0.05, 0.1) is 0 Å². The number of rotatable bonds is 7. The molecule has 0 atom stereocenters. The number of hydrogen-bond acceptors (Lipinski definition) is 4. The van der Waals surface area contributed by atoms with Crippen molar-refractivity contribution in [2.24, 2.45) is 0 Å². The van der Waals surface area contributed by atoms with Crippen molar-refractivity contribution in [1.82, 2.24) is 0 Å². The second-order valence-corrected chi connectivity index (χ2v) is 7.51. The third-order valence-corrected chi connectivity index (χ3v) is 5.01. The van der Waals surface area contributed by atoms with Gasteiger partial charge in [-0.05, 0) is 62.4 Å². The molecule has 0 aliphatic rings. The lowest BCUT2D eigenvalue weighted by molar-refractivity contribution is 0.388. The average molecular weight is 381 g/mol. The molecule has 0 aliphatic carbocycles. The molecule has 0 saturated carbocycles. The van der Waals surface area contributed by atoms with Gasteiger partial charge in [-0.25, -0.2) is 0 Å². The molecule has 0 aromatic heterocycles. The molecule has 0 aliphatic heterocycles. The molecule has 0 radical (unpaired) electrons. The van der Waals surface area contributed by atoms with Gasteiger partial charge >= 0.3 is 8.60 Å². The van der Waals surface area contributed by atoms with Crippen molar-refractivity contribution in [3.8, 4) is 17.2 Å². The maximum Gasteiger partial charge on any atom is 0.530 e. The molecule has 0 unspecified atom stereocenters. The maximum atomic E-state index is 6.02. The fourth-order valence-electron chi connectivity index (χ4n) is 2.32. The summed E-state index contributed by atoms with van der Waals surface area (Å²) >= 11 is 0. The lowest BCUT2D eigenvalue weighted by atomic mass is 10.2. The smallest absolute Gasteiger partial charge is 0.409 e. The molecule has 0 amide bonds. The van der Waals surface area contributed by atoms with Crippen molar-refractivity contribution < 1.29 is 13.6 Å². The van der Waals surface area contributed by atoms with Crippen LogP contribution in [0.15, 0.2) is 72.8 Å². The Bertz CT molecular complexity index is 799. The van der Waals surface area contributed by atoms with Crippen molar-refractivity contribution >= 4 is 14.3 Å². The van der Waals surface area contributed by atoms with Gasteiger partial charge < -0.3 is 18.5 Å². The van der Waals surface area contributed by atoms with E-state index in [9.17, 15) is 0 Å². The molecular formula is C22H24NO3P. The highest BCUT2D eigenvalue weighted by atomic mass is 31.2. The standard InChI is InChI=1S/C22H24NO3P/c1-17-5-11-20(12-6-17)24-27(25-21-13-7-18(2)8-14-21)26-22-15-9-19(10-16-22)23(3)4/h5-16H,1-4H3. The van der Waals surface area contributed by atoms with E-state index in [-0.39, 0.29) is 0 Å². The zero-order valence-corrected chi connectivity index (χ0v) is 16.9. The van der Waals surface area contributed by atoms with Crippen LogP contribution in [0.2, 0.25) is 0 Å². The summed E-state index contributed by atoms with van der Waals surface area (Å²) in [5, 5.41) is 0. The van der Waals surface area contributed by atoms with E-state index in [1.807, 2.05) is 106 Å². The second-order valence-electron chi connectivity index (χ2n) is 6.51. The van der Waals surface area contributed by atoms with E-state index in [1.54, 1.807) is 0 Å². The van der Waals surface area contributed by atoms with Gasteiger partial charge in [0.1, 0.15) is 17.2 Å². The Labute approximate surface area is 162 Å². The molecule has 0 saturated heterocycles. The minimum absolute atomic E-state index is 0.700. The molecule has 5 heteroatoms. The van der Waals surface area contributed by atoms with Gasteiger partial charge in [-0.1, -0.05) is 35.4 Å². The normalized spacial score (nSPS) is 10.6. The number of aryl methyl sites for hydroxylation is 2. The van der Waals surface area contributed by atoms with E-state index in [0.29, 0.717) is 17.2 Å². The SMILES string of the molecule is Cc1ccc(OP(Oc2ccc(C)cc2)Oc2ccc(N(C)C)cc2)cc1. The molecule has 0 fully saturated rings. The lowest BCUT2D eigenvalue weighted by Crippen LogP contribution is -2.08. The average Bonchev–Trinajstić information content (AvgIpc) is 2.66. The Balaban J connectivity index is 1.77. The highest BCUT2D eigenvalue weighted by molar-refractivity contribution is 7.43. The molecule has 0 heterocycles. The van der Waals surface area contributed by atoms with E-state index in [0.717, 1.165) is 5.69 Å². The lowest BCUT2D eigenvalue weighted by Gasteiger charge is -2.19. The van der Waals surface area contributed by atoms with E-state index in [2.05, 4.69) is 0 Å². The predicted molar refractivity (Wildman–Crippen MR) is 112 cm³/mol. The topological polar surface area (TPSA) is 30.9 Å².